The zero-order valence-electron chi connectivity index (χ0n) is 16.0. The van der Waals surface area contributed by atoms with Crippen molar-refractivity contribution < 1.29 is 23.1 Å². The molecule has 0 aromatic rings. The Hall–Kier alpha value is -1.40. The van der Waals surface area contributed by atoms with Crippen LogP contribution in [0.25, 0.3) is 0 Å². The lowest BCUT2D eigenvalue weighted by atomic mass is 9.90. The monoisotopic (exact) mass is 372 g/mol. The molecule has 0 bridgehead atoms. The molecular weight excluding hydrogens is 342 g/mol. The van der Waals surface area contributed by atoms with Gasteiger partial charge in [-0.05, 0) is 52.4 Å². The van der Waals surface area contributed by atoms with Crippen LogP contribution in [0.15, 0.2) is 0 Å². The number of likely N-dealkylation sites (tertiary alicyclic amines) is 2. The van der Waals surface area contributed by atoms with E-state index in [0.29, 0.717) is 45.4 Å². The molecular formula is C19H30F2N2O3. The molecule has 2 amide bonds. The molecule has 5 nitrogen and oxygen atoms in total. The molecule has 148 valence electrons. The van der Waals surface area contributed by atoms with Crippen LogP contribution in [-0.4, -0.2) is 59.5 Å². The molecule has 7 heteroatoms. The third kappa shape index (κ3) is 4.12. The van der Waals surface area contributed by atoms with E-state index in [0.717, 1.165) is 12.8 Å². The van der Waals surface area contributed by atoms with Crippen LogP contribution < -0.4 is 0 Å². The van der Waals surface area contributed by atoms with E-state index in [1.165, 1.54) is 0 Å². The summed E-state index contributed by atoms with van der Waals surface area (Å²) in [6.45, 7) is 7.63. The van der Waals surface area contributed by atoms with Crippen molar-refractivity contribution in [1.29, 1.82) is 0 Å². The summed E-state index contributed by atoms with van der Waals surface area (Å²) in [4.78, 5) is 28.0. The van der Waals surface area contributed by atoms with Crippen LogP contribution in [-0.2, 0) is 9.53 Å². The van der Waals surface area contributed by atoms with Crippen LogP contribution in [0.4, 0.5) is 13.6 Å². The van der Waals surface area contributed by atoms with E-state index in [4.69, 9.17) is 4.74 Å². The predicted molar refractivity (Wildman–Crippen MR) is 93.0 cm³/mol. The summed E-state index contributed by atoms with van der Waals surface area (Å²) in [5, 5.41) is 0. The molecule has 2 heterocycles. The fourth-order valence-electron chi connectivity index (χ4n) is 4.13. The minimum atomic E-state index is -2.52. The smallest absolute Gasteiger partial charge is 0.410 e. The SMILES string of the molecule is CC(C)(C)OC(=O)N1CCC(CC(=O)N2CCC3(CC2)CC3(F)F)CC1. The van der Waals surface area contributed by atoms with Crippen molar-refractivity contribution in [3.63, 3.8) is 0 Å². The lowest BCUT2D eigenvalue weighted by Crippen LogP contribution is -2.44. The minimum Gasteiger partial charge on any atom is -0.444 e. The Kier molecular flexibility index (Phi) is 4.95. The topological polar surface area (TPSA) is 49.9 Å². The summed E-state index contributed by atoms with van der Waals surface area (Å²) in [6, 6.07) is 0. The maximum atomic E-state index is 13.4. The number of amides is 2. The second-order valence-electron chi connectivity index (χ2n) is 9.16. The second kappa shape index (κ2) is 6.64. The lowest BCUT2D eigenvalue weighted by Gasteiger charge is -2.35. The fraction of sp³-hybridized carbons (Fsp3) is 0.895. The first-order valence-corrected chi connectivity index (χ1v) is 9.65. The van der Waals surface area contributed by atoms with Gasteiger partial charge in [0.05, 0.1) is 0 Å². The molecule has 3 fully saturated rings. The first kappa shape index (κ1) is 19.4. The quantitative estimate of drug-likeness (QED) is 0.743. The predicted octanol–water partition coefficient (Wildman–Crippen LogP) is 3.67. The van der Waals surface area contributed by atoms with Crippen LogP contribution in [0, 0.1) is 11.3 Å². The number of carbonyl (C=O) groups excluding carboxylic acids is 2. The first-order valence-electron chi connectivity index (χ1n) is 9.65. The molecule has 0 atom stereocenters. The van der Waals surface area contributed by atoms with Gasteiger partial charge in [-0.15, -0.1) is 0 Å². The van der Waals surface area contributed by atoms with Gasteiger partial charge in [-0.1, -0.05) is 0 Å². The maximum absolute atomic E-state index is 13.4. The van der Waals surface area contributed by atoms with Crippen molar-refractivity contribution in [2.75, 3.05) is 26.2 Å². The number of rotatable bonds is 2. The van der Waals surface area contributed by atoms with Gasteiger partial charge in [0.15, 0.2) is 0 Å². The van der Waals surface area contributed by atoms with E-state index in [9.17, 15) is 18.4 Å². The van der Waals surface area contributed by atoms with Crippen LogP contribution >= 0.6 is 0 Å². The van der Waals surface area contributed by atoms with E-state index in [-0.39, 0.29) is 24.3 Å². The summed E-state index contributed by atoms with van der Waals surface area (Å²) in [5.74, 6) is -2.20. The third-order valence-corrected chi connectivity index (χ3v) is 6.01. The molecule has 2 aliphatic heterocycles. The van der Waals surface area contributed by atoms with Crippen LogP contribution in [0.1, 0.15) is 59.3 Å². The molecule has 1 aliphatic carbocycles. The van der Waals surface area contributed by atoms with E-state index >= 15 is 0 Å². The molecule has 0 aromatic heterocycles. The Morgan fingerprint density at radius 1 is 1.04 bits per heavy atom. The van der Waals surface area contributed by atoms with E-state index in [2.05, 4.69) is 0 Å². The number of ether oxygens (including phenoxy) is 1. The number of carbonyl (C=O) groups is 2. The number of alkyl halides is 2. The van der Waals surface area contributed by atoms with Crippen LogP contribution in [0.2, 0.25) is 0 Å². The Morgan fingerprint density at radius 2 is 1.58 bits per heavy atom. The average Bonchev–Trinajstić information content (AvgIpc) is 3.06. The number of hydrogen-bond donors (Lipinski definition) is 0. The third-order valence-electron chi connectivity index (χ3n) is 6.01. The number of hydrogen-bond acceptors (Lipinski definition) is 3. The molecule has 3 rings (SSSR count). The highest BCUT2D eigenvalue weighted by molar-refractivity contribution is 5.76. The van der Waals surface area contributed by atoms with Gasteiger partial charge in [0, 0.05) is 44.4 Å². The van der Waals surface area contributed by atoms with Gasteiger partial charge < -0.3 is 14.5 Å². The number of piperidine rings is 2. The highest BCUT2D eigenvalue weighted by Gasteiger charge is 2.70. The van der Waals surface area contributed by atoms with Gasteiger partial charge in [-0.2, -0.15) is 0 Å². The molecule has 0 N–H and O–H groups in total. The molecule has 1 saturated carbocycles. The average molecular weight is 372 g/mol. The van der Waals surface area contributed by atoms with Gasteiger partial charge in [0.25, 0.3) is 5.92 Å². The van der Waals surface area contributed by atoms with Crippen LogP contribution in [0.5, 0.6) is 0 Å². The molecule has 2 saturated heterocycles. The summed E-state index contributed by atoms with van der Waals surface area (Å²) in [5.41, 5.74) is -1.32. The Balaban J connectivity index is 1.40. The van der Waals surface area contributed by atoms with Gasteiger partial charge in [-0.25, -0.2) is 13.6 Å². The van der Waals surface area contributed by atoms with Gasteiger partial charge in [-0.3, -0.25) is 4.79 Å². The van der Waals surface area contributed by atoms with Gasteiger partial charge >= 0.3 is 6.09 Å². The molecule has 0 unspecified atom stereocenters. The zero-order chi connectivity index (χ0) is 19.2. The first-order chi connectivity index (χ1) is 12.0. The van der Waals surface area contributed by atoms with E-state index < -0.39 is 16.9 Å². The highest BCUT2D eigenvalue weighted by atomic mass is 19.3. The minimum absolute atomic E-state index is 0.00877. The normalized spacial score (nSPS) is 25.3. The Bertz CT molecular complexity index is 558. The highest BCUT2D eigenvalue weighted by Crippen LogP contribution is 2.65. The molecule has 0 aromatic carbocycles. The van der Waals surface area contributed by atoms with E-state index in [1.54, 1.807) is 9.80 Å². The van der Waals surface area contributed by atoms with Crippen molar-refractivity contribution in [2.45, 2.75) is 70.8 Å². The van der Waals surface area contributed by atoms with Crippen molar-refractivity contribution in [3.05, 3.63) is 0 Å². The zero-order valence-corrected chi connectivity index (χ0v) is 16.0. The van der Waals surface area contributed by atoms with Gasteiger partial charge in [0.2, 0.25) is 5.91 Å². The number of halogens is 2. The summed E-state index contributed by atoms with van der Waals surface area (Å²) in [6.07, 6.45) is 2.54. The van der Waals surface area contributed by atoms with Crippen molar-refractivity contribution in [3.8, 4) is 0 Å². The summed E-state index contributed by atoms with van der Waals surface area (Å²) < 4.78 is 32.2. The summed E-state index contributed by atoms with van der Waals surface area (Å²) >= 11 is 0. The molecule has 3 aliphatic rings. The standard InChI is InChI=1S/C19H30F2N2O3/c1-17(2,3)26-16(25)23-8-4-14(5-9-23)12-15(24)22-10-6-18(7-11-22)13-19(18,20)21/h14H,4-13H2,1-3H3. The van der Waals surface area contributed by atoms with Gasteiger partial charge in [0.1, 0.15) is 5.60 Å². The fourth-order valence-corrected chi connectivity index (χ4v) is 4.13. The maximum Gasteiger partial charge on any atom is 0.410 e. The van der Waals surface area contributed by atoms with Crippen molar-refractivity contribution in [2.24, 2.45) is 11.3 Å². The van der Waals surface area contributed by atoms with Crippen LogP contribution in [0.3, 0.4) is 0 Å². The summed E-state index contributed by atoms with van der Waals surface area (Å²) in [7, 11) is 0. The van der Waals surface area contributed by atoms with Crippen molar-refractivity contribution in [1.82, 2.24) is 9.80 Å². The Labute approximate surface area is 154 Å². The van der Waals surface area contributed by atoms with Crippen molar-refractivity contribution >= 4 is 12.0 Å². The lowest BCUT2D eigenvalue weighted by molar-refractivity contribution is -0.134. The van der Waals surface area contributed by atoms with E-state index in [1.807, 2.05) is 20.8 Å². The Morgan fingerprint density at radius 3 is 2.04 bits per heavy atom. The molecule has 1 spiro atoms. The molecule has 26 heavy (non-hydrogen) atoms. The largest absolute Gasteiger partial charge is 0.444 e. The number of nitrogens with zero attached hydrogens (tertiary/aromatic N) is 2. The molecule has 0 radical (unpaired) electrons. The second-order valence-corrected chi connectivity index (χ2v) is 9.16.